The molecule has 0 spiro atoms. The zero-order chi connectivity index (χ0) is 20.5. The highest BCUT2D eigenvalue weighted by Gasteiger charge is 2.60. The van der Waals surface area contributed by atoms with Crippen LogP contribution in [0.15, 0.2) is 42.0 Å². The predicted molar refractivity (Wildman–Crippen MR) is 101 cm³/mol. The van der Waals surface area contributed by atoms with Gasteiger partial charge in [-0.1, -0.05) is 44.2 Å². The smallest absolute Gasteiger partial charge is 0.340 e. The van der Waals surface area contributed by atoms with E-state index in [1.54, 1.807) is 30.3 Å². The molecule has 1 aromatic carbocycles. The molecule has 1 fully saturated rings. The Kier molecular flexibility index (Phi) is 5.44. The Bertz CT molecular complexity index is 810. The molecule has 2 aliphatic rings. The molecule has 0 bridgehead atoms. The van der Waals surface area contributed by atoms with E-state index in [0.29, 0.717) is 30.4 Å². The Labute approximate surface area is 164 Å². The molecule has 0 amide bonds. The second-order valence-electron chi connectivity index (χ2n) is 8.12. The van der Waals surface area contributed by atoms with Gasteiger partial charge in [-0.3, -0.25) is 9.59 Å². The highest BCUT2D eigenvalue weighted by atomic mass is 16.6. The summed E-state index contributed by atoms with van der Waals surface area (Å²) < 4.78 is 10.7. The molecule has 1 saturated carbocycles. The lowest BCUT2D eigenvalue weighted by Gasteiger charge is -2.53. The average molecular weight is 386 g/mol. The summed E-state index contributed by atoms with van der Waals surface area (Å²) in [4.78, 5) is 37.6. The molecular weight excluding hydrogens is 360 g/mol. The molecule has 1 aromatic rings. The lowest BCUT2D eigenvalue weighted by molar-refractivity contribution is -0.171. The molecule has 0 aliphatic heterocycles. The van der Waals surface area contributed by atoms with E-state index < -0.39 is 35.0 Å². The van der Waals surface area contributed by atoms with Crippen molar-refractivity contribution in [3.05, 3.63) is 47.5 Å². The van der Waals surface area contributed by atoms with Crippen LogP contribution in [0, 0.1) is 10.8 Å². The molecule has 3 rings (SSSR count). The number of esters is 2. The highest BCUT2D eigenvalue weighted by molar-refractivity contribution is 5.96. The summed E-state index contributed by atoms with van der Waals surface area (Å²) in [7, 11) is 1.33. The van der Waals surface area contributed by atoms with Gasteiger partial charge in [0.2, 0.25) is 0 Å². The average Bonchev–Trinajstić information content (AvgIpc) is 2.69. The number of hydrogen-bond acceptors (Lipinski definition) is 6. The number of rotatable bonds is 4. The number of carbonyl (C=O) groups is 3. The standard InChI is InChI=1S/C22H26O6/c1-21(2)11-10-17(28-19(25)18(24)14-7-5-4-6-8-14)16-13-15(23)9-12-22(16,21)20(26)27-3/h4-8,13,17-18,24H,9-12H2,1-3H3/t17-,18-,22+/m0/s1. The molecule has 150 valence electrons. The van der Waals surface area contributed by atoms with Gasteiger partial charge in [0.1, 0.15) is 6.10 Å². The fourth-order valence-corrected chi connectivity index (χ4v) is 4.55. The van der Waals surface area contributed by atoms with Crippen LogP contribution in [0.2, 0.25) is 0 Å². The molecule has 2 aliphatic carbocycles. The van der Waals surface area contributed by atoms with Gasteiger partial charge in [-0.25, -0.2) is 4.79 Å². The Morgan fingerprint density at radius 3 is 2.50 bits per heavy atom. The first kappa shape index (κ1) is 20.3. The molecule has 0 aromatic heterocycles. The Morgan fingerprint density at radius 1 is 1.18 bits per heavy atom. The summed E-state index contributed by atoms with van der Waals surface area (Å²) in [6.07, 6.45) is 0.923. The Morgan fingerprint density at radius 2 is 1.86 bits per heavy atom. The minimum Gasteiger partial charge on any atom is -0.468 e. The lowest BCUT2D eigenvalue weighted by Crippen LogP contribution is -2.55. The van der Waals surface area contributed by atoms with Crippen molar-refractivity contribution < 1.29 is 29.0 Å². The number of carbonyl (C=O) groups excluding carboxylic acids is 3. The van der Waals surface area contributed by atoms with Crippen molar-refractivity contribution in [1.29, 1.82) is 0 Å². The topological polar surface area (TPSA) is 89.9 Å². The van der Waals surface area contributed by atoms with Gasteiger partial charge in [-0.2, -0.15) is 0 Å². The van der Waals surface area contributed by atoms with Crippen molar-refractivity contribution >= 4 is 17.7 Å². The molecule has 1 N–H and O–H groups in total. The van der Waals surface area contributed by atoms with Gasteiger partial charge in [0.25, 0.3) is 0 Å². The van der Waals surface area contributed by atoms with Crippen molar-refractivity contribution in [3.8, 4) is 0 Å². The van der Waals surface area contributed by atoms with Gasteiger partial charge in [-0.05, 0) is 41.9 Å². The maximum Gasteiger partial charge on any atom is 0.340 e. The number of ketones is 1. The van der Waals surface area contributed by atoms with E-state index in [0.717, 1.165) is 0 Å². The number of aliphatic hydroxyl groups is 1. The van der Waals surface area contributed by atoms with Gasteiger partial charge in [0.15, 0.2) is 11.9 Å². The zero-order valence-electron chi connectivity index (χ0n) is 16.4. The summed E-state index contributed by atoms with van der Waals surface area (Å²) in [6.45, 7) is 3.95. The van der Waals surface area contributed by atoms with Crippen LogP contribution in [-0.4, -0.2) is 36.0 Å². The van der Waals surface area contributed by atoms with Gasteiger partial charge in [0, 0.05) is 6.42 Å². The minimum atomic E-state index is -1.43. The van der Waals surface area contributed by atoms with Crippen LogP contribution in [0.25, 0.3) is 0 Å². The lowest BCUT2D eigenvalue weighted by atomic mass is 9.51. The first-order valence-corrected chi connectivity index (χ1v) is 9.50. The third-order valence-electron chi connectivity index (χ3n) is 6.22. The number of fused-ring (bicyclic) bond motifs is 1. The predicted octanol–water partition coefficient (Wildman–Crippen LogP) is 2.90. The van der Waals surface area contributed by atoms with Gasteiger partial charge >= 0.3 is 11.9 Å². The van der Waals surface area contributed by atoms with E-state index >= 15 is 0 Å². The van der Waals surface area contributed by atoms with E-state index in [9.17, 15) is 19.5 Å². The normalized spacial score (nSPS) is 27.2. The fourth-order valence-electron chi connectivity index (χ4n) is 4.55. The number of benzene rings is 1. The van der Waals surface area contributed by atoms with Crippen molar-refractivity contribution in [1.82, 2.24) is 0 Å². The van der Waals surface area contributed by atoms with Crippen molar-refractivity contribution in [2.24, 2.45) is 10.8 Å². The van der Waals surface area contributed by atoms with Crippen LogP contribution in [0.3, 0.4) is 0 Å². The maximum atomic E-state index is 12.9. The van der Waals surface area contributed by atoms with Gasteiger partial charge < -0.3 is 14.6 Å². The SMILES string of the molecule is COC(=O)[C@@]12CCC(=O)C=C1[C@@H](OC(=O)[C@@H](O)c1ccccc1)CCC2(C)C. The highest BCUT2D eigenvalue weighted by Crippen LogP contribution is 2.58. The third kappa shape index (κ3) is 3.26. The van der Waals surface area contributed by atoms with E-state index in [1.165, 1.54) is 13.2 Å². The summed E-state index contributed by atoms with van der Waals surface area (Å²) in [5.41, 5.74) is -0.554. The molecule has 28 heavy (non-hydrogen) atoms. The number of hydrogen-bond donors (Lipinski definition) is 1. The molecule has 0 radical (unpaired) electrons. The van der Waals surface area contributed by atoms with Crippen LogP contribution in [0.5, 0.6) is 0 Å². The van der Waals surface area contributed by atoms with Crippen LogP contribution in [0.4, 0.5) is 0 Å². The van der Waals surface area contributed by atoms with E-state index in [-0.39, 0.29) is 12.2 Å². The van der Waals surface area contributed by atoms with Crippen LogP contribution in [0.1, 0.15) is 51.2 Å². The van der Waals surface area contributed by atoms with Crippen molar-refractivity contribution in [3.63, 3.8) is 0 Å². The molecule has 6 heteroatoms. The zero-order valence-corrected chi connectivity index (χ0v) is 16.4. The van der Waals surface area contributed by atoms with Gasteiger partial charge in [-0.15, -0.1) is 0 Å². The molecular formula is C22H26O6. The van der Waals surface area contributed by atoms with Gasteiger partial charge in [0.05, 0.1) is 12.5 Å². The van der Waals surface area contributed by atoms with E-state index in [4.69, 9.17) is 9.47 Å². The van der Waals surface area contributed by atoms with Crippen LogP contribution >= 0.6 is 0 Å². The van der Waals surface area contributed by atoms with Crippen LogP contribution in [-0.2, 0) is 23.9 Å². The second kappa shape index (κ2) is 7.51. The van der Waals surface area contributed by atoms with E-state index in [1.807, 2.05) is 13.8 Å². The summed E-state index contributed by atoms with van der Waals surface area (Å²) in [6, 6.07) is 8.50. The molecule has 0 unspecified atom stereocenters. The number of ether oxygens (including phenoxy) is 2. The quantitative estimate of drug-likeness (QED) is 0.801. The largest absolute Gasteiger partial charge is 0.468 e. The molecule has 0 heterocycles. The number of methoxy groups -OCH3 is 1. The van der Waals surface area contributed by atoms with Crippen molar-refractivity contribution in [2.75, 3.05) is 7.11 Å². The first-order chi connectivity index (χ1) is 13.2. The fraction of sp³-hybridized carbons (Fsp3) is 0.500. The number of aliphatic hydroxyl groups excluding tert-OH is 1. The first-order valence-electron chi connectivity index (χ1n) is 9.50. The molecule has 3 atom stereocenters. The second-order valence-corrected chi connectivity index (χ2v) is 8.12. The molecule has 6 nitrogen and oxygen atoms in total. The molecule has 0 saturated heterocycles. The Balaban J connectivity index is 1.93. The maximum absolute atomic E-state index is 12.9. The monoisotopic (exact) mass is 386 g/mol. The minimum absolute atomic E-state index is 0.100. The van der Waals surface area contributed by atoms with E-state index in [2.05, 4.69) is 0 Å². The Hall–Kier alpha value is -2.47. The van der Waals surface area contributed by atoms with Crippen molar-refractivity contribution in [2.45, 2.75) is 51.7 Å². The van der Waals surface area contributed by atoms with Crippen LogP contribution < -0.4 is 0 Å². The summed E-state index contributed by atoms with van der Waals surface area (Å²) in [5.74, 6) is -1.31. The summed E-state index contributed by atoms with van der Waals surface area (Å²) >= 11 is 0. The summed E-state index contributed by atoms with van der Waals surface area (Å²) in [5, 5.41) is 10.3. The third-order valence-corrected chi connectivity index (χ3v) is 6.22. The number of allylic oxidation sites excluding steroid dienone is 1.